The van der Waals surface area contributed by atoms with Gasteiger partial charge in [0.1, 0.15) is 5.69 Å². The van der Waals surface area contributed by atoms with E-state index in [-0.39, 0.29) is 0 Å². The first kappa shape index (κ1) is 19.7. The number of carbonyl (C=O) groups is 2. The molecule has 5 rings (SSSR count). The minimum Gasteiger partial charge on any atom is -0.332 e. The quantitative estimate of drug-likeness (QED) is 0.266. The van der Waals surface area contributed by atoms with E-state index in [0.29, 0.717) is 11.4 Å². The van der Waals surface area contributed by atoms with E-state index in [2.05, 4.69) is 15.6 Å². The predicted octanol–water partition coefficient (Wildman–Crippen LogP) is 5.63. The zero-order chi connectivity index (χ0) is 21.9. The topological polar surface area (TPSA) is 75.5 Å². The number of fused-ring (bicyclic) bond motifs is 1. The number of rotatable bonds is 6. The Hall–Kier alpha value is -4.23. The normalized spacial score (nSPS) is 10.8. The molecule has 0 saturated carbocycles. The molecule has 0 unspecified atom stereocenters. The maximum atomic E-state index is 13.2. The van der Waals surface area contributed by atoms with Crippen molar-refractivity contribution >= 4 is 45.1 Å². The molecular formula is C25H18N4O2S. The smallest absolute Gasteiger partial charge is 0.298 e. The van der Waals surface area contributed by atoms with Crippen molar-refractivity contribution in [1.29, 1.82) is 0 Å². The van der Waals surface area contributed by atoms with E-state index in [1.165, 1.54) is 11.3 Å². The first-order valence-corrected chi connectivity index (χ1v) is 10.8. The maximum absolute atomic E-state index is 13.2. The third-order valence-corrected chi connectivity index (χ3v) is 5.70. The molecule has 0 atom stereocenters. The Labute approximate surface area is 188 Å². The number of nitrogens with one attached hydrogen (secondary N) is 2. The molecule has 0 bridgehead atoms. The van der Waals surface area contributed by atoms with Crippen LogP contribution >= 0.6 is 11.3 Å². The van der Waals surface area contributed by atoms with Crippen molar-refractivity contribution in [2.24, 2.45) is 0 Å². The molecule has 3 aromatic heterocycles. The molecule has 0 aliphatic heterocycles. The van der Waals surface area contributed by atoms with Gasteiger partial charge in [0.2, 0.25) is 0 Å². The summed E-state index contributed by atoms with van der Waals surface area (Å²) in [6.07, 6.45) is 3.52. The lowest BCUT2D eigenvalue weighted by Gasteiger charge is -2.09. The van der Waals surface area contributed by atoms with Crippen molar-refractivity contribution in [2.75, 3.05) is 10.6 Å². The molecule has 156 valence electrons. The highest BCUT2D eigenvalue weighted by molar-refractivity contribution is 7.13. The lowest BCUT2D eigenvalue weighted by Crippen LogP contribution is -2.24. The van der Waals surface area contributed by atoms with Gasteiger partial charge >= 0.3 is 0 Å². The van der Waals surface area contributed by atoms with Crippen LogP contribution in [0.5, 0.6) is 0 Å². The predicted molar refractivity (Wildman–Crippen MR) is 128 cm³/mol. The largest absolute Gasteiger partial charge is 0.332 e. The Morgan fingerprint density at radius 2 is 1.62 bits per heavy atom. The highest BCUT2D eigenvalue weighted by Gasteiger charge is 2.24. The molecule has 32 heavy (non-hydrogen) atoms. The van der Waals surface area contributed by atoms with E-state index in [1.54, 1.807) is 28.9 Å². The second-order valence-corrected chi connectivity index (χ2v) is 7.99. The van der Waals surface area contributed by atoms with Gasteiger partial charge < -0.3 is 15.0 Å². The summed E-state index contributed by atoms with van der Waals surface area (Å²) in [5.74, 6) is -1.29. The van der Waals surface area contributed by atoms with Crippen LogP contribution in [-0.4, -0.2) is 21.1 Å². The number of hydrogen-bond donors (Lipinski definition) is 2. The fourth-order valence-electron chi connectivity index (χ4n) is 3.53. The van der Waals surface area contributed by atoms with Crippen LogP contribution in [-0.2, 0) is 4.79 Å². The molecule has 2 aromatic carbocycles. The lowest BCUT2D eigenvalue weighted by molar-refractivity contribution is -0.112. The number of anilines is 3. The molecular weight excluding hydrogens is 420 g/mol. The van der Waals surface area contributed by atoms with E-state index >= 15 is 0 Å². The number of amides is 1. The monoisotopic (exact) mass is 438 g/mol. The zero-order valence-corrected chi connectivity index (χ0v) is 17.7. The van der Waals surface area contributed by atoms with E-state index in [4.69, 9.17) is 0 Å². The molecule has 5 aromatic rings. The molecule has 0 saturated heterocycles. The number of hydrogen-bond acceptors (Lipinski definition) is 5. The third kappa shape index (κ3) is 3.89. The number of nitrogens with zero attached hydrogens (tertiary/aromatic N) is 2. The second-order valence-electron chi connectivity index (χ2n) is 7.09. The van der Waals surface area contributed by atoms with Crippen molar-refractivity contribution in [1.82, 2.24) is 9.38 Å². The molecule has 0 fully saturated rings. The summed E-state index contributed by atoms with van der Waals surface area (Å²) < 4.78 is 1.76. The number of ketones is 1. The first-order chi connectivity index (χ1) is 15.7. The van der Waals surface area contributed by atoms with Crippen LogP contribution in [0.1, 0.15) is 10.5 Å². The van der Waals surface area contributed by atoms with Crippen LogP contribution in [0.2, 0.25) is 0 Å². The Kier molecular flexibility index (Phi) is 5.23. The van der Waals surface area contributed by atoms with E-state index in [9.17, 15) is 9.59 Å². The summed E-state index contributed by atoms with van der Waals surface area (Å²) in [4.78, 5) is 30.3. The van der Waals surface area contributed by atoms with Crippen molar-refractivity contribution in [3.63, 3.8) is 0 Å². The van der Waals surface area contributed by atoms with Crippen LogP contribution in [0.4, 0.5) is 16.5 Å². The van der Waals surface area contributed by atoms with Gasteiger partial charge in [-0.15, -0.1) is 11.3 Å². The van der Waals surface area contributed by atoms with Crippen LogP contribution < -0.4 is 10.6 Å². The molecule has 0 radical (unpaired) electrons. The summed E-state index contributed by atoms with van der Waals surface area (Å²) in [5.41, 5.74) is 4.17. The fourth-order valence-corrected chi connectivity index (χ4v) is 4.08. The van der Waals surface area contributed by atoms with Crippen LogP contribution in [0.15, 0.2) is 96.6 Å². The minimum atomic E-state index is -0.688. The van der Waals surface area contributed by atoms with Crippen molar-refractivity contribution < 1.29 is 9.59 Å². The molecule has 2 N–H and O–H groups in total. The molecule has 0 aliphatic carbocycles. The Morgan fingerprint density at radius 1 is 0.875 bits per heavy atom. The molecule has 0 aliphatic rings. The number of thiazole rings is 1. The SMILES string of the molecule is O=C(Nc1ccc(Nc2nccs2)cc1)C(=O)c1c(-c2ccccc2)cc2ccccn12. The van der Waals surface area contributed by atoms with Gasteiger partial charge in [0.25, 0.3) is 11.7 Å². The molecule has 1 amide bonds. The standard InChI is InChI=1S/C25H18N4O2S/c30-23(24(31)27-18-9-11-19(12-10-18)28-25-26-13-15-32-25)22-21(17-6-2-1-3-7-17)16-20-8-4-5-14-29(20)22/h1-16H,(H,26,28)(H,27,31). The summed E-state index contributed by atoms with van der Waals surface area (Å²) in [6.45, 7) is 0. The van der Waals surface area contributed by atoms with Gasteiger partial charge in [-0.3, -0.25) is 9.59 Å². The minimum absolute atomic E-state index is 0.339. The molecule has 6 nitrogen and oxygen atoms in total. The summed E-state index contributed by atoms with van der Waals surface area (Å²) >= 11 is 1.50. The highest BCUT2D eigenvalue weighted by atomic mass is 32.1. The maximum Gasteiger partial charge on any atom is 0.298 e. The van der Waals surface area contributed by atoms with Gasteiger partial charge in [0.05, 0.1) is 0 Å². The fraction of sp³-hybridized carbons (Fsp3) is 0. The van der Waals surface area contributed by atoms with Gasteiger partial charge in [-0.05, 0) is 48.0 Å². The number of pyridine rings is 1. The van der Waals surface area contributed by atoms with E-state index in [0.717, 1.165) is 27.5 Å². The number of carbonyl (C=O) groups excluding carboxylic acids is 2. The third-order valence-electron chi connectivity index (χ3n) is 5.01. The van der Waals surface area contributed by atoms with Crippen LogP contribution in [0, 0.1) is 0 Å². The lowest BCUT2D eigenvalue weighted by atomic mass is 10.0. The Balaban J connectivity index is 1.41. The summed E-state index contributed by atoms with van der Waals surface area (Å²) in [6, 6.07) is 24.3. The van der Waals surface area contributed by atoms with Gasteiger partial charge in [0, 0.05) is 40.2 Å². The van der Waals surface area contributed by atoms with E-state index < -0.39 is 11.7 Å². The van der Waals surface area contributed by atoms with Crippen LogP contribution in [0.3, 0.4) is 0 Å². The van der Waals surface area contributed by atoms with Crippen molar-refractivity contribution in [3.05, 3.63) is 102 Å². The van der Waals surface area contributed by atoms with Crippen molar-refractivity contribution in [2.45, 2.75) is 0 Å². The highest BCUT2D eigenvalue weighted by Crippen LogP contribution is 2.28. The zero-order valence-electron chi connectivity index (χ0n) is 16.9. The van der Waals surface area contributed by atoms with Gasteiger partial charge in [-0.1, -0.05) is 36.4 Å². The number of aromatic nitrogens is 2. The average molecular weight is 439 g/mol. The first-order valence-electron chi connectivity index (χ1n) is 9.97. The molecule has 3 heterocycles. The Bertz CT molecular complexity index is 1390. The number of Topliss-reactive ketones (excluding diaryl/α,β-unsaturated/α-hetero) is 1. The summed E-state index contributed by atoms with van der Waals surface area (Å²) in [5, 5.41) is 8.57. The molecule has 7 heteroatoms. The number of benzene rings is 2. The van der Waals surface area contributed by atoms with Gasteiger partial charge in [0.15, 0.2) is 5.13 Å². The summed E-state index contributed by atoms with van der Waals surface area (Å²) in [7, 11) is 0. The van der Waals surface area contributed by atoms with Gasteiger partial charge in [-0.2, -0.15) is 0 Å². The van der Waals surface area contributed by atoms with Gasteiger partial charge in [-0.25, -0.2) is 4.98 Å². The average Bonchev–Trinajstić information content (AvgIpc) is 3.48. The Morgan fingerprint density at radius 3 is 2.38 bits per heavy atom. The van der Waals surface area contributed by atoms with Crippen molar-refractivity contribution in [3.8, 4) is 11.1 Å². The van der Waals surface area contributed by atoms with E-state index in [1.807, 2.05) is 72.1 Å². The second kappa shape index (κ2) is 8.49. The van der Waals surface area contributed by atoms with Crippen LogP contribution in [0.25, 0.3) is 16.6 Å². The molecule has 0 spiro atoms.